The molecule has 1 aromatic carbocycles. The van der Waals surface area contributed by atoms with Gasteiger partial charge in [0.1, 0.15) is 0 Å². The van der Waals surface area contributed by atoms with Crippen molar-refractivity contribution in [3.8, 4) is 0 Å². The highest BCUT2D eigenvalue weighted by Crippen LogP contribution is 2.11. The molecule has 1 amide bonds. The zero-order chi connectivity index (χ0) is 11.8. The maximum atomic E-state index is 10.8. The summed E-state index contributed by atoms with van der Waals surface area (Å²) in [6.07, 6.45) is 6.16. The zero-order valence-corrected chi connectivity index (χ0v) is 10.5. The second-order valence-corrected chi connectivity index (χ2v) is 4.15. The molecule has 0 fully saturated rings. The fraction of sp³-hybridized carbons (Fsp3) is 0.154. The van der Waals surface area contributed by atoms with Crippen molar-refractivity contribution in [3.63, 3.8) is 0 Å². The second-order valence-electron chi connectivity index (χ2n) is 3.24. The molecule has 0 atom stereocenters. The van der Waals surface area contributed by atoms with Crippen molar-refractivity contribution in [2.75, 3.05) is 6.54 Å². The molecule has 0 bridgehead atoms. The van der Waals surface area contributed by atoms with Crippen molar-refractivity contribution in [2.24, 2.45) is 0 Å². The van der Waals surface area contributed by atoms with E-state index in [9.17, 15) is 4.79 Å². The summed E-state index contributed by atoms with van der Waals surface area (Å²) in [5.74, 6) is -0.128. The number of carbonyl (C=O) groups excluding carboxylic acids is 1. The number of halogens is 1. The largest absolute Gasteiger partial charge is 0.352 e. The van der Waals surface area contributed by atoms with Crippen LogP contribution in [0.25, 0.3) is 6.08 Å². The van der Waals surface area contributed by atoms with E-state index in [2.05, 4.69) is 27.8 Å². The van der Waals surface area contributed by atoms with Gasteiger partial charge in [0.15, 0.2) is 0 Å². The predicted octanol–water partition coefficient (Wildman–Crippen LogP) is 3.15. The molecule has 1 aromatic rings. The molecule has 0 radical (unpaired) electrons. The van der Waals surface area contributed by atoms with Crippen LogP contribution >= 0.6 is 15.9 Å². The quantitative estimate of drug-likeness (QED) is 0.651. The van der Waals surface area contributed by atoms with Gasteiger partial charge in [0, 0.05) is 11.0 Å². The lowest BCUT2D eigenvalue weighted by Crippen LogP contribution is -2.21. The van der Waals surface area contributed by atoms with Crippen molar-refractivity contribution in [3.05, 3.63) is 53.0 Å². The number of nitrogens with one attached hydrogen (secondary N) is 1. The van der Waals surface area contributed by atoms with E-state index in [-0.39, 0.29) is 5.91 Å². The summed E-state index contributed by atoms with van der Waals surface area (Å²) in [6, 6.07) is 8.06. The van der Waals surface area contributed by atoms with Crippen molar-refractivity contribution in [1.29, 1.82) is 0 Å². The molecule has 16 heavy (non-hydrogen) atoms. The summed E-state index contributed by atoms with van der Waals surface area (Å²) in [4.78, 5) is 10.8. The summed E-state index contributed by atoms with van der Waals surface area (Å²) < 4.78 is 1.07. The van der Waals surface area contributed by atoms with E-state index in [0.717, 1.165) is 16.5 Å². The Hall–Kier alpha value is -1.35. The number of hydrogen-bond acceptors (Lipinski definition) is 1. The van der Waals surface area contributed by atoms with Crippen molar-refractivity contribution >= 4 is 27.9 Å². The van der Waals surface area contributed by atoms with Gasteiger partial charge >= 0.3 is 0 Å². The molecule has 1 rings (SSSR count). The van der Waals surface area contributed by atoms with Crippen LogP contribution in [0.1, 0.15) is 12.0 Å². The number of carbonyl (C=O) groups is 1. The molecular weight excluding hydrogens is 266 g/mol. The van der Waals surface area contributed by atoms with Gasteiger partial charge in [-0.3, -0.25) is 4.79 Å². The van der Waals surface area contributed by atoms with E-state index in [1.165, 1.54) is 6.08 Å². The molecule has 0 heterocycles. The molecule has 0 aliphatic heterocycles. The Bertz CT molecular complexity index is 381. The Morgan fingerprint density at radius 3 is 2.69 bits per heavy atom. The van der Waals surface area contributed by atoms with Crippen LogP contribution in [0.4, 0.5) is 0 Å². The molecule has 0 aromatic heterocycles. The third-order valence-corrected chi connectivity index (χ3v) is 2.50. The molecule has 2 nitrogen and oxygen atoms in total. The van der Waals surface area contributed by atoms with Gasteiger partial charge in [0.25, 0.3) is 0 Å². The van der Waals surface area contributed by atoms with Gasteiger partial charge in [-0.25, -0.2) is 0 Å². The van der Waals surface area contributed by atoms with E-state index >= 15 is 0 Å². The molecule has 1 N–H and O–H groups in total. The lowest BCUT2D eigenvalue weighted by Gasteiger charge is -1.97. The van der Waals surface area contributed by atoms with Gasteiger partial charge in [-0.05, 0) is 30.2 Å². The average Bonchev–Trinajstić information content (AvgIpc) is 2.31. The van der Waals surface area contributed by atoms with Crippen LogP contribution in [0.2, 0.25) is 0 Å². The van der Waals surface area contributed by atoms with Crippen molar-refractivity contribution < 1.29 is 4.79 Å². The van der Waals surface area contributed by atoms with Gasteiger partial charge in [-0.15, -0.1) is 0 Å². The van der Waals surface area contributed by atoms with Crippen LogP contribution in [0.3, 0.4) is 0 Å². The lowest BCUT2D eigenvalue weighted by atomic mass is 10.2. The molecule has 3 heteroatoms. The topological polar surface area (TPSA) is 29.1 Å². The highest BCUT2D eigenvalue weighted by Gasteiger charge is 1.90. The first kappa shape index (κ1) is 12.7. The first-order valence-corrected chi connectivity index (χ1v) is 5.84. The second kappa shape index (κ2) is 7.01. The molecule has 0 aliphatic rings. The summed E-state index contributed by atoms with van der Waals surface area (Å²) in [6.45, 7) is 4.02. The SMILES string of the molecule is C=CC(=O)NCC/C=C/c1ccc(Br)cc1. The zero-order valence-electron chi connectivity index (χ0n) is 8.95. The molecular formula is C13H14BrNO. The van der Waals surface area contributed by atoms with E-state index in [0.29, 0.717) is 6.54 Å². The summed E-state index contributed by atoms with van der Waals surface area (Å²) in [5.41, 5.74) is 1.15. The van der Waals surface area contributed by atoms with Crippen LogP contribution in [-0.2, 0) is 4.79 Å². The lowest BCUT2D eigenvalue weighted by molar-refractivity contribution is -0.116. The van der Waals surface area contributed by atoms with Crippen LogP contribution < -0.4 is 5.32 Å². The normalized spacial score (nSPS) is 10.3. The van der Waals surface area contributed by atoms with E-state index < -0.39 is 0 Å². The minimum atomic E-state index is -0.128. The van der Waals surface area contributed by atoms with E-state index in [1.807, 2.05) is 36.4 Å². The van der Waals surface area contributed by atoms with Crippen LogP contribution in [0.15, 0.2) is 47.5 Å². The van der Waals surface area contributed by atoms with E-state index in [4.69, 9.17) is 0 Å². The summed E-state index contributed by atoms with van der Waals surface area (Å²) in [5, 5.41) is 2.71. The Morgan fingerprint density at radius 1 is 1.38 bits per heavy atom. The predicted molar refractivity (Wildman–Crippen MR) is 71.0 cm³/mol. The third kappa shape index (κ3) is 4.94. The Labute approximate surface area is 104 Å². The third-order valence-electron chi connectivity index (χ3n) is 1.98. The summed E-state index contributed by atoms with van der Waals surface area (Å²) >= 11 is 3.38. The monoisotopic (exact) mass is 279 g/mol. The number of benzene rings is 1. The highest BCUT2D eigenvalue weighted by atomic mass is 79.9. The van der Waals surface area contributed by atoms with Crippen LogP contribution in [0.5, 0.6) is 0 Å². The van der Waals surface area contributed by atoms with Crippen LogP contribution in [0, 0.1) is 0 Å². The van der Waals surface area contributed by atoms with Gasteiger partial charge in [0.05, 0.1) is 0 Å². The van der Waals surface area contributed by atoms with Crippen molar-refractivity contribution in [1.82, 2.24) is 5.32 Å². The fourth-order valence-electron chi connectivity index (χ4n) is 1.14. The minimum Gasteiger partial charge on any atom is -0.352 e. The van der Waals surface area contributed by atoms with Gasteiger partial charge < -0.3 is 5.32 Å². The Balaban J connectivity index is 2.29. The highest BCUT2D eigenvalue weighted by molar-refractivity contribution is 9.10. The van der Waals surface area contributed by atoms with Crippen LogP contribution in [-0.4, -0.2) is 12.5 Å². The molecule has 0 unspecified atom stereocenters. The standard InChI is InChI=1S/C13H14BrNO/c1-2-13(16)15-10-4-3-5-11-6-8-12(14)9-7-11/h2-3,5-9H,1,4,10H2,(H,15,16)/b5-3+. The number of hydrogen-bond donors (Lipinski definition) is 1. The summed E-state index contributed by atoms with van der Waals surface area (Å²) in [7, 11) is 0. The average molecular weight is 280 g/mol. The van der Waals surface area contributed by atoms with Gasteiger partial charge in [-0.2, -0.15) is 0 Å². The smallest absolute Gasteiger partial charge is 0.243 e. The maximum absolute atomic E-state index is 10.8. The van der Waals surface area contributed by atoms with E-state index in [1.54, 1.807) is 0 Å². The van der Waals surface area contributed by atoms with Gasteiger partial charge in [-0.1, -0.05) is 46.8 Å². The molecule has 0 aliphatic carbocycles. The fourth-order valence-corrected chi connectivity index (χ4v) is 1.41. The molecule has 84 valence electrons. The maximum Gasteiger partial charge on any atom is 0.243 e. The molecule has 0 saturated carbocycles. The number of rotatable bonds is 5. The first-order chi connectivity index (χ1) is 7.72. The minimum absolute atomic E-state index is 0.128. The van der Waals surface area contributed by atoms with Gasteiger partial charge in [0.2, 0.25) is 5.91 Å². The first-order valence-electron chi connectivity index (χ1n) is 5.05. The molecule has 0 spiro atoms. The molecule has 0 saturated heterocycles. The Morgan fingerprint density at radius 2 is 2.06 bits per heavy atom. The van der Waals surface area contributed by atoms with Crippen molar-refractivity contribution in [2.45, 2.75) is 6.42 Å². The number of amides is 1. The Kier molecular flexibility index (Phi) is 5.57.